The van der Waals surface area contributed by atoms with E-state index >= 15 is 0 Å². The Morgan fingerprint density at radius 1 is 0.955 bits per heavy atom. The van der Waals surface area contributed by atoms with Crippen LogP contribution >= 0.6 is 0 Å². The molecule has 0 aliphatic heterocycles. The van der Waals surface area contributed by atoms with Gasteiger partial charge in [-0.05, 0) is 35.4 Å². The zero-order valence-electron chi connectivity index (χ0n) is 13.7. The molecule has 1 N–H and O–H groups in total. The van der Waals surface area contributed by atoms with Crippen LogP contribution in [0.5, 0.6) is 0 Å². The van der Waals surface area contributed by atoms with E-state index in [4.69, 9.17) is 0 Å². The zero-order chi connectivity index (χ0) is 16.0. The van der Waals surface area contributed by atoms with Crippen LogP contribution in [0.3, 0.4) is 0 Å². The smallest absolute Gasteiger partial charge is 0.251 e. The van der Waals surface area contributed by atoms with Crippen LogP contribution in [0.15, 0.2) is 60.7 Å². The van der Waals surface area contributed by atoms with Crippen LogP contribution in [0, 0.1) is 11.3 Å². The van der Waals surface area contributed by atoms with Gasteiger partial charge in [0.1, 0.15) is 0 Å². The van der Waals surface area contributed by atoms with E-state index in [0.29, 0.717) is 12.5 Å². The van der Waals surface area contributed by atoms with Crippen LogP contribution in [0.25, 0.3) is 0 Å². The van der Waals surface area contributed by atoms with Crippen LogP contribution in [-0.4, -0.2) is 12.5 Å². The second-order valence-electron chi connectivity index (χ2n) is 6.83. The summed E-state index contributed by atoms with van der Waals surface area (Å²) in [5.41, 5.74) is 2.17. The Morgan fingerprint density at radius 3 is 2.05 bits per heavy atom. The number of carbonyl (C=O) groups is 1. The van der Waals surface area contributed by atoms with Gasteiger partial charge < -0.3 is 5.32 Å². The minimum absolute atomic E-state index is 0.00270. The van der Waals surface area contributed by atoms with Crippen LogP contribution in [0.2, 0.25) is 0 Å². The zero-order valence-corrected chi connectivity index (χ0v) is 13.7. The summed E-state index contributed by atoms with van der Waals surface area (Å²) < 4.78 is 0. The molecule has 2 rings (SSSR count). The van der Waals surface area contributed by atoms with Gasteiger partial charge in [0.15, 0.2) is 0 Å². The average molecular weight is 295 g/mol. The Balaban J connectivity index is 2.00. The van der Waals surface area contributed by atoms with Gasteiger partial charge in [0.05, 0.1) is 0 Å². The molecule has 0 heterocycles. The summed E-state index contributed by atoms with van der Waals surface area (Å²) in [6, 6.07) is 19.9. The van der Waals surface area contributed by atoms with Crippen LogP contribution < -0.4 is 5.32 Å². The second-order valence-corrected chi connectivity index (χ2v) is 6.83. The summed E-state index contributed by atoms with van der Waals surface area (Å²) in [5.74, 6) is 0.394. The number of benzene rings is 2. The summed E-state index contributed by atoms with van der Waals surface area (Å²) >= 11 is 0. The van der Waals surface area contributed by atoms with Gasteiger partial charge in [-0.1, -0.05) is 69.3 Å². The van der Waals surface area contributed by atoms with E-state index in [2.05, 4.69) is 50.4 Å². The van der Waals surface area contributed by atoms with Gasteiger partial charge in [-0.15, -0.1) is 0 Å². The normalized spacial score (nSPS) is 12.7. The van der Waals surface area contributed by atoms with E-state index in [1.165, 1.54) is 5.56 Å². The highest BCUT2D eigenvalue weighted by Crippen LogP contribution is 2.28. The third-order valence-electron chi connectivity index (χ3n) is 4.09. The van der Waals surface area contributed by atoms with Crippen molar-refractivity contribution in [2.75, 3.05) is 6.54 Å². The van der Waals surface area contributed by atoms with Gasteiger partial charge in [0.2, 0.25) is 0 Å². The number of amides is 1. The quantitative estimate of drug-likeness (QED) is 0.874. The van der Waals surface area contributed by atoms with Crippen LogP contribution in [0.1, 0.15) is 36.7 Å². The van der Waals surface area contributed by atoms with Crippen molar-refractivity contribution in [3.8, 4) is 0 Å². The molecule has 0 aliphatic rings. The number of rotatable bonds is 5. The lowest BCUT2D eigenvalue weighted by Crippen LogP contribution is -2.36. The molecule has 0 spiro atoms. The molecule has 2 heteroatoms. The lowest BCUT2D eigenvalue weighted by molar-refractivity contribution is 0.0933. The Labute approximate surface area is 133 Å². The molecule has 2 aromatic carbocycles. The first kappa shape index (κ1) is 16.3. The first-order valence-electron chi connectivity index (χ1n) is 7.84. The Kier molecular flexibility index (Phi) is 5.37. The molecule has 1 atom stereocenters. The number of hydrogen-bond donors (Lipinski definition) is 1. The molecule has 116 valence electrons. The lowest BCUT2D eigenvalue weighted by Gasteiger charge is -2.31. The summed E-state index contributed by atoms with van der Waals surface area (Å²) in [6.07, 6.45) is 0.972. The summed E-state index contributed by atoms with van der Waals surface area (Å²) in [5, 5.41) is 3.09. The van der Waals surface area contributed by atoms with Crippen molar-refractivity contribution < 1.29 is 4.79 Å². The highest BCUT2D eigenvalue weighted by molar-refractivity contribution is 5.94. The molecular formula is C20H25NO. The van der Waals surface area contributed by atoms with Crippen molar-refractivity contribution >= 4 is 5.91 Å². The van der Waals surface area contributed by atoms with E-state index in [0.717, 1.165) is 12.0 Å². The van der Waals surface area contributed by atoms with E-state index in [1.807, 2.05) is 36.4 Å². The molecular weight excluding hydrogens is 270 g/mol. The van der Waals surface area contributed by atoms with Crippen molar-refractivity contribution in [2.45, 2.75) is 27.2 Å². The predicted octanol–water partition coefficient (Wildman–Crippen LogP) is 4.32. The summed E-state index contributed by atoms with van der Waals surface area (Å²) in [6.45, 7) is 7.38. The van der Waals surface area contributed by atoms with Crippen molar-refractivity contribution in [3.63, 3.8) is 0 Å². The van der Waals surface area contributed by atoms with Crippen molar-refractivity contribution in [1.29, 1.82) is 0 Å². The van der Waals surface area contributed by atoms with Crippen molar-refractivity contribution in [1.82, 2.24) is 5.32 Å². The maximum Gasteiger partial charge on any atom is 0.251 e. The first-order valence-corrected chi connectivity index (χ1v) is 7.84. The van der Waals surface area contributed by atoms with Crippen LogP contribution in [0.4, 0.5) is 0 Å². The van der Waals surface area contributed by atoms with Crippen LogP contribution in [-0.2, 0) is 6.42 Å². The maximum absolute atomic E-state index is 12.2. The molecule has 0 saturated carbocycles. The highest BCUT2D eigenvalue weighted by atomic mass is 16.1. The minimum atomic E-state index is 0.00270. The largest absolute Gasteiger partial charge is 0.352 e. The second kappa shape index (κ2) is 7.26. The fourth-order valence-corrected chi connectivity index (χ4v) is 2.49. The topological polar surface area (TPSA) is 29.1 Å². The van der Waals surface area contributed by atoms with Gasteiger partial charge >= 0.3 is 0 Å². The van der Waals surface area contributed by atoms with Gasteiger partial charge in [-0.2, -0.15) is 0 Å². The number of carbonyl (C=O) groups excluding carboxylic acids is 1. The van der Waals surface area contributed by atoms with Gasteiger partial charge in [-0.25, -0.2) is 0 Å². The van der Waals surface area contributed by atoms with Gasteiger partial charge in [-0.3, -0.25) is 4.79 Å². The highest BCUT2D eigenvalue weighted by Gasteiger charge is 2.25. The van der Waals surface area contributed by atoms with E-state index < -0.39 is 0 Å². The monoisotopic (exact) mass is 295 g/mol. The maximum atomic E-state index is 12.2. The third kappa shape index (κ3) is 4.73. The van der Waals surface area contributed by atoms with Gasteiger partial charge in [0, 0.05) is 12.1 Å². The Morgan fingerprint density at radius 2 is 1.50 bits per heavy atom. The van der Waals surface area contributed by atoms with Crippen molar-refractivity contribution in [3.05, 3.63) is 71.8 Å². The molecule has 2 nitrogen and oxygen atoms in total. The molecule has 1 amide bonds. The Bertz CT molecular complexity index is 584. The number of nitrogens with one attached hydrogen (secondary N) is 1. The minimum Gasteiger partial charge on any atom is -0.352 e. The SMILES string of the molecule is CC(C)(C)C(CNC(=O)c1ccccc1)Cc1ccccc1. The van der Waals surface area contributed by atoms with E-state index in [-0.39, 0.29) is 11.3 Å². The molecule has 0 saturated heterocycles. The third-order valence-corrected chi connectivity index (χ3v) is 4.09. The molecule has 0 radical (unpaired) electrons. The van der Waals surface area contributed by atoms with Crippen molar-refractivity contribution in [2.24, 2.45) is 11.3 Å². The summed E-state index contributed by atoms with van der Waals surface area (Å²) in [7, 11) is 0. The standard InChI is InChI=1S/C20H25NO/c1-20(2,3)18(14-16-10-6-4-7-11-16)15-21-19(22)17-12-8-5-9-13-17/h4-13,18H,14-15H2,1-3H3,(H,21,22). The predicted molar refractivity (Wildman–Crippen MR) is 91.9 cm³/mol. The molecule has 0 aliphatic carbocycles. The Hall–Kier alpha value is -2.09. The average Bonchev–Trinajstić information content (AvgIpc) is 2.52. The van der Waals surface area contributed by atoms with E-state index in [9.17, 15) is 4.79 Å². The molecule has 2 aromatic rings. The molecule has 22 heavy (non-hydrogen) atoms. The lowest BCUT2D eigenvalue weighted by atomic mass is 9.77. The molecule has 0 bridgehead atoms. The van der Waals surface area contributed by atoms with Gasteiger partial charge in [0.25, 0.3) is 5.91 Å². The molecule has 1 unspecified atom stereocenters. The first-order chi connectivity index (χ1) is 10.5. The fraction of sp³-hybridized carbons (Fsp3) is 0.350. The fourth-order valence-electron chi connectivity index (χ4n) is 2.49. The molecule has 0 fully saturated rings. The van der Waals surface area contributed by atoms with E-state index in [1.54, 1.807) is 0 Å². The summed E-state index contributed by atoms with van der Waals surface area (Å²) in [4.78, 5) is 12.2. The molecule has 0 aromatic heterocycles. The number of hydrogen-bond acceptors (Lipinski definition) is 1.